The minimum absolute atomic E-state index is 0.205. The Kier molecular flexibility index (Phi) is 3.25. The molecule has 2 aromatic rings. The van der Waals surface area contributed by atoms with Gasteiger partial charge in [0.05, 0.1) is 10.9 Å². The fourth-order valence-corrected chi connectivity index (χ4v) is 4.06. The summed E-state index contributed by atoms with van der Waals surface area (Å²) in [5, 5.41) is 6.28. The van der Waals surface area contributed by atoms with E-state index in [4.69, 9.17) is 0 Å². The molecule has 2 aliphatic rings. The summed E-state index contributed by atoms with van der Waals surface area (Å²) in [6.07, 6.45) is 7.87. The molecule has 5 nitrogen and oxygen atoms in total. The predicted octanol–water partition coefficient (Wildman–Crippen LogP) is 2.69. The van der Waals surface area contributed by atoms with Gasteiger partial charge in [-0.1, -0.05) is 0 Å². The Morgan fingerprint density at radius 1 is 1.33 bits per heavy atom. The van der Waals surface area contributed by atoms with Crippen molar-refractivity contribution >= 4 is 17.2 Å². The quantitative estimate of drug-likeness (QED) is 0.876. The first-order chi connectivity index (χ1) is 10.3. The number of amides is 1. The van der Waals surface area contributed by atoms with Gasteiger partial charge in [-0.25, -0.2) is 9.67 Å². The Morgan fingerprint density at radius 3 is 3.00 bits per heavy atom. The molecule has 4 rings (SSSR count). The molecule has 0 radical (unpaired) electrons. The monoisotopic (exact) mass is 302 g/mol. The van der Waals surface area contributed by atoms with Gasteiger partial charge in [0.15, 0.2) is 0 Å². The number of carbonyl (C=O) groups is 1. The van der Waals surface area contributed by atoms with Crippen LogP contribution in [0.5, 0.6) is 0 Å². The first-order valence-corrected chi connectivity index (χ1v) is 8.41. The molecule has 110 valence electrons. The summed E-state index contributed by atoms with van der Waals surface area (Å²) in [5.41, 5.74) is 1.27. The standard InChI is InChI=1S/C15H18N4OS/c20-15(14-13(5-7-21-14)11-3-4-11)18-6-1-2-12(8-18)19-10-16-9-17-19/h5,7,9-12H,1-4,6,8H2/t12-/m0/s1. The molecular formula is C15H18N4OS. The molecule has 1 amide bonds. The van der Waals surface area contributed by atoms with Crippen LogP contribution in [0.15, 0.2) is 24.1 Å². The summed E-state index contributed by atoms with van der Waals surface area (Å²) in [6.45, 7) is 1.59. The Labute approximate surface area is 127 Å². The fourth-order valence-electron chi connectivity index (χ4n) is 3.11. The number of rotatable bonds is 3. The molecule has 1 aliphatic carbocycles. The third kappa shape index (κ3) is 2.48. The maximum atomic E-state index is 12.8. The van der Waals surface area contributed by atoms with Gasteiger partial charge in [0, 0.05) is 13.1 Å². The Bertz CT molecular complexity index is 632. The Hall–Kier alpha value is -1.69. The van der Waals surface area contributed by atoms with Crippen LogP contribution in [-0.4, -0.2) is 38.7 Å². The van der Waals surface area contributed by atoms with Gasteiger partial charge in [-0.2, -0.15) is 5.10 Å². The van der Waals surface area contributed by atoms with Gasteiger partial charge in [0.1, 0.15) is 12.7 Å². The van der Waals surface area contributed by atoms with Crippen LogP contribution < -0.4 is 0 Å². The third-order valence-corrected chi connectivity index (χ3v) is 5.32. The van der Waals surface area contributed by atoms with Crippen LogP contribution in [0.2, 0.25) is 0 Å². The van der Waals surface area contributed by atoms with Gasteiger partial charge in [0.2, 0.25) is 0 Å². The van der Waals surface area contributed by atoms with Crippen LogP contribution in [-0.2, 0) is 0 Å². The summed E-state index contributed by atoms with van der Waals surface area (Å²) in [5.74, 6) is 0.836. The summed E-state index contributed by atoms with van der Waals surface area (Å²) in [7, 11) is 0. The zero-order valence-electron chi connectivity index (χ0n) is 11.8. The molecule has 21 heavy (non-hydrogen) atoms. The lowest BCUT2D eigenvalue weighted by molar-refractivity contribution is 0.0676. The molecule has 2 fully saturated rings. The molecule has 1 saturated carbocycles. The predicted molar refractivity (Wildman–Crippen MR) is 80.5 cm³/mol. The summed E-state index contributed by atoms with van der Waals surface area (Å²) in [6, 6.07) is 2.39. The van der Waals surface area contributed by atoms with Crippen molar-refractivity contribution in [2.45, 2.75) is 37.6 Å². The Balaban J connectivity index is 1.52. The summed E-state index contributed by atoms with van der Waals surface area (Å²) >= 11 is 1.59. The van der Waals surface area contributed by atoms with Gasteiger partial charge in [-0.05, 0) is 48.6 Å². The highest BCUT2D eigenvalue weighted by molar-refractivity contribution is 7.12. The van der Waals surface area contributed by atoms with E-state index in [2.05, 4.69) is 21.5 Å². The molecule has 0 bridgehead atoms. The lowest BCUT2D eigenvalue weighted by Gasteiger charge is -2.32. The first kappa shape index (κ1) is 13.0. The van der Waals surface area contributed by atoms with E-state index in [1.54, 1.807) is 24.0 Å². The van der Waals surface area contributed by atoms with Crippen LogP contribution >= 0.6 is 11.3 Å². The molecule has 1 aliphatic heterocycles. The zero-order chi connectivity index (χ0) is 14.2. The average Bonchev–Trinajstić information content (AvgIpc) is 3.05. The number of nitrogens with zero attached hydrogens (tertiary/aromatic N) is 4. The molecule has 0 N–H and O–H groups in total. The second-order valence-corrected chi connectivity index (χ2v) is 6.82. The van der Waals surface area contributed by atoms with E-state index < -0.39 is 0 Å². The number of likely N-dealkylation sites (tertiary alicyclic amines) is 1. The van der Waals surface area contributed by atoms with E-state index in [-0.39, 0.29) is 11.9 Å². The SMILES string of the molecule is O=C(c1sccc1C1CC1)N1CCC[C@H](n2cncn2)C1. The number of piperidine rings is 1. The fraction of sp³-hybridized carbons (Fsp3) is 0.533. The van der Waals surface area contributed by atoms with E-state index in [1.165, 1.54) is 18.4 Å². The normalized spacial score (nSPS) is 22.5. The van der Waals surface area contributed by atoms with Crippen molar-refractivity contribution in [1.82, 2.24) is 19.7 Å². The summed E-state index contributed by atoms with van der Waals surface area (Å²) < 4.78 is 1.88. The van der Waals surface area contributed by atoms with E-state index in [1.807, 2.05) is 9.58 Å². The van der Waals surface area contributed by atoms with Crippen molar-refractivity contribution in [2.75, 3.05) is 13.1 Å². The highest BCUT2D eigenvalue weighted by Crippen LogP contribution is 2.43. The van der Waals surface area contributed by atoms with Crippen molar-refractivity contribution in [3.05, 3.63) is 34.5 Å². The van der Waals surface area contributed by atoms with E-state index in [9.17, 15) is 4.79 Å². The highest BCUT2D eigenvalue weighted by Gasteiger charge is 2.32. The minimum Gasteiger partial charge on any atom is -0.336 e. The van der Waals surface area contributed by atoms with Gasteiger partial charge in [0.25, 0.3) is 5.91 Å². The third-order valence-electron chi connectivity index (χ3n) is 4.40. The number of thiophene rings is 1. The van der Waals surface area contributed by atoms with Crippen LogP contribution in [0, 0.1) is 0 Å². The Morgan fingerprint density at radius 2 is 2.24 bits per heavy atom. The number of hydrogen-bond acceptors (Lipinski definition) is 4. The average molecular weight is 302 g/mol. The van der Waals surface area contributed by atoms with E-state index >= 15 is 0 Å². The first-order valence-electron chi connectivity index (χ1n) is 7.53. The smallest absolute Gasteiger partial charge is 0.264 e. The minimum atomic E-state index is 0.205. The topological polar surface area (TPSA) is 51.0 Å². The molecule has 3 heterocycles. The second-order valence-electron chi connectivity index (χ2n) is 5.90. The highest BCUT2D eigenvalue weighted by atomic mass is 32.1. The second kappa shape index (κ2) is 5.26. The molecule has 0 spiro atoms. The number of aromatic nitrogens is 3. The molecule has 2 aromatic heterocycles. The van der Waals surface area contributed by atoms with Gasteiger partial charge < -0.3 is 4.90 Å². The van der Waals surface area contributed by atoms with Gasteiger partial charge >= 0.3 is 0 Å². The maximum Gasteiger partial charge on any atom is 0.264 e. The molecule has 0 aromatic carbocycles. The van der Waals surface area contributed by atoms with Crippen molar-refractivity contribution in [3.63, 3.8) is 0 Å². The molecular weight excluding hydrogens is 284 g/mol. The van der Waals surface area contributed by atoms with Crippen LogP contribution in [0.1, 0.15) is 52.9 Å². The lowest BCUT2D eigenvalue weighted by atomic mass is 10.0. The summed E-state index contributed by atoms with van der Waals surface area (Å²) in [4.78, 5) is 19.8. The van der Waals surface area contributed by atoms with Gasteiger partial charge in [-0.15, -0.1) is 11.3 Å². The maximum absolute atomic E-state index is 12.8. The lowest BCUT2D eigenvalue weighted by Crippen LogP contribution is -2.40. The molecule has 1 saturated heterocycles. The number of carbonyl (C=O) groups excluding carboxylic acids is 1. The van der Waals surface area contributed by atoms with Gasteiger partial charge in [-0.3, -0.25) is 4.79 Å². The van der Waals surface area contributed by atoms with Crippen molar-refractivity contribution in [1.29, 1.82) is 0 Å². The van der Waals surface area contributed by atoms with Crippen molar-refractivity contribution in [2.24, 2.45) is 0 Å². The van der Waals surface area contributed by atoms with Crippen molar-refractivity contribution < 1.29 is 4.79 Å². The van der Waals surface area contributed by atoms with E-state index in [0.29, 0.717) is 5.92 Å². The van der Waals surface area contributed by atoms with Crippen molar-refractivity contribution in [3.8, 4) is 0 Å². The van der Waals surface area contributed by atoms with E-state index in [0.717, 1.165) is 30.8 Å². The number of hydrogen-bond donors (Lipinski definition) is 0. The largest absolute Gasteiger partial charge is 0.336 e. The molecule has 1 atom stereocenters. The zero-order valence-corrected chi connectivity index (χ0v) is 12.6. The molecule has 0 unspecified atom stereocenters. The van der Waals surface area contributed by atoms with Crippen LogP contribution in [0.4, 0.5) is 0 Å². The molecule has 6 heteroatoms. The van der Waals surface area contributed by atoms with Crippen LogP contribution in [0.25, 0.3) is 0 Å². The van der Waals surface area contributed by atoms with Crippen LogP contribution in [0.3, 0.4) is 0 Å².